The molecule has 0 bridgehead atoms. The lowest BCUT2D eigenvalue weighted by Gasteiger charge is -2.39. The fraction of sp³-hybridized carbons (Fsp3) is 0.500. The monoisotopic (exact) mass is 400 g/mol. The SMILES string of the molecule is CCCCC(c1ccc(-c2ccc(Cl)cc2)cc1)N1CCN(CCOC)CC1. The van der Waals surface area contributed by atoms with Crippen LogP contribution in [0.1, 0.15) is 37.8 Å². The van der Waals surface area contributed by atoms with Crippen LogP contribution in [-0.4, -0.2) is 56.2 Å². The van der Waals surface area contributed by atoms with Crippen molar-refractivity contribution in [1.82, 2.24) is 9.80 Å². The average Bonchev–Trinajstić information content (AvgIpc) is 2.74. The van der Waals surface area contributed by atoms with Crippen molar-refractivity contribution in [3.05, 3.63) is 59.1 Å². The third-order valence-electron chi connectivity index (χ3n) is 5.76. The van der Waals surface area contributed by atoms with Crippen molar-refractivity contribution in [2.75, 3.05) is 46.4 Å². The number of benzene rings is 2. The Balaban J connectivity index is 1.68. The van der Waals surface area contributed by atoms with E-state index in [0.717, 1.165) is 44.4 Å². The van der Waals surface area contributed by atoms with E-state index in [1.807, 2.05) is 12.1 Å². The molecule has 0 amide bonds. The zero-order valence-corrected chi connectivity index (χ0v) is 18.0. The normalized spacial score (nSPS) is 17.0. The number of unbranched alkanes of at least 4 members (excludes halogenated alkanes) is 1. The minimum atomic E-state index is 0.517. The Kier molecular flexibility index (Phi) is 8.35. The second-order valence-corrected chi connectivity index (χ2v) is 8.09. The summed E-state index contributed by atoms with van der Waals surface area (Å²) in [5, 5.41) is 0.782. The summed E-state index contributed by atoms with van der Waals surface area (Å²) in [5.74, 6) is 0. The van der Waals surface area contributed by atoms with Crippen LogP contribution < -0.4 is 0 Å². The van der Waals surface area contributed by atoms with Gasteiger partial charge < -0.3 is 4.74 Å². The maximum absolute atomic E-state index is 6.02. The van der Waals surface area contributed by atoms with Crippen LogP contribution in [-0.2, 0) is 4.74 Å². The Hall–Kier alpha value is -1.39. The van der Waals surface area contributed by atoms with E-state index in [2.05, 4.69) is 53.1 Å². The molecule has 1 aliphatic heterocycles. The zero-order valence-electron chi connectivity index (χ0n) is 17.2. The van der Waals surface area contributed by atoms with Crippen LogP contribution in [0.3, 0.4) is 0 Å². The van der Waals surface area contributed by atoms with E-state index in [1.165, 1.54) is 36.0 Å². The van der Waals surface area contributed by atoms with Crippen molar-refractivity contribution in [3.63, 3.8) is 0 Å². The van der Waals surface area contributed by atoms with Crippen LogP contribution >= 0.6 is 11.6 Å². The molecule has 0 aliphatic carbocycles. The molecule has 0 saturated carbocycles. The Morgan fingerprint density at radius 2 is 1.54 bits per heavy atom. The first-order valence-electron chi connectivity index (χ1n) is 10.5. The summed E-state index contributed by atoms with van der Waals surface area (Å²) >= 11 is 6.02. The predicted octanol–water partition coefficient (Wildman–Crippen LogP) is 5.50. The Bertz CT molecular complexity index is 694. The number of hydrogen-bond acceptors (Lipinski definition) is 3. The second kappa shape index (κ2) is 11.0. The minimum Gasteiger partial charge on any atom is -0.383 e. The molecule has 4 heteroatoms. The lowest BCUT2D eigenvalue weighted by atomic mass is 9.96. The molecule has 152 valence electrons. The fourth-order valence-corrected chi connectivity index (χ4v) is 4.14. The third-order valence-corrected chi connectivity index (χ3v) is 6.02. The summed E-state index contributed by atoms with van der Waals surface area (Å²) in [6.07, 6.45) is 3.75. The molecule has 1 aliphatic rings. The molecule has 1 fully saturated rings. The molecule has 1 unspecified atom stereocenters. The van der Waals surface area contributed by atoms with Gasteiger partial charge in [-0.05, 0) is 35.2 Å². The number of halogens is 1. The minimum absolute atomic E-state index is 0.517. The quantitative estimate of drug-likeness (QED) is 0.552. The second-order valence-electron chi connectivity index (χ2n) is 7.66. The fourth-order valence-electron chi connectivity index (χ4n) is 4.02. The molecule has 0 aromatic heterocycles. The molecule has 3 nitrogen and oxygen atoms in total. The van der Waals surface area contributed by atoms with Crippen molar-refractivity contribution in [3.8, 4) is 11.1 Å². The van der Waals surface area contributed by atoms with E-state index < -0.39 is 0 Å². The van der Waals surface area contributed by atoms with Crippen LogP contribution in [0.4, 0.5) is 0 Å². The highest BCUT2D eigenvalue weighted by Crippen LogP contribution is 2.30. The van der Waals surface area contributed by atoms with Gasteiger partial charge >= 0.3 is 0 Å². The lowest BCUT2D eigenvalue weighted by molar-refractivity contribution is 0.0710. The number of nitrogens with zero attached hydrogens (tertiary/aromatic N) is 2. The van der Waals surface area contributed by atoms with Crippen molar-refractivity contribution in [2.45, 2.75) is 32.2 Å². The van der Waals surface area contributed by atoms with Crippen LogP contribution in [0.15, 0.2) is 48.5 Å². The molecular weight excluding hydrogens is 368 g/mol. The number of hydrogen-bond donors (Lipinski definition) is 0. The number of rotatable bonds is 9. The van der Waals surface area contributed by atoms with Gasteiger partial charge in [-0.25, -0.2) is 0 Å². The standard InChI is InChI=1S/C24H33ClN2O/c1-3-4-5-24(27-16-14-26(15-17-27)18-19-28-2)22-8-6-20(7-9-22)21-10-12-23(25)13-11-21/h6-13,24H,3-5,14-19H2,1-2H3. The maximum Gasteiger partial charge on any atom is 0.0589 e. The van der Waals surface area contributed by atoms with Gasteiger partial charge in [-0.15, -0.1) is 0 Å². The molecule has 1 heterocycles. The zero-order chi connectivity index (χ0) is 19.8. The van der Waals surface area contributed by atoms with Gasteiger partial charge in [0.2, 0.25) is 0 Å². The molecule has 0 spiro atoms. The van der Waals surface area contributed by atoms with Gasteiger partial charge in [0.05, 0.1) is 6.61 Å². The summed E-state index contributed by atoms with van der Waals surface area (Å²) in [7, 11) is 1.78. The first kappa shape index (κ1) is 21.3. The van der Waals surface area contributed by atoms with E-state index in [9.17, 15) is 0 Å². The Labute approximate surface area is 175 Å². The van der Waals surface area contributed by atoms with E-state index in [4.69, 9.17) is 16.3 Å². The highest BCUT2D eigenvalue weighted by atomic mass is 35.5. The van der Waals surface area contributed by atoms with Crippen molar-refractivity contribution >= 4 is 11.6 Å². The van der Waals surface area contributed by atoms with Gasteiger partial charge in [0, 0.05) is 50.9 Å². The van der Waals surface area contributed by atoms with Crippen LogP contribution in [0, 0.1) is 0 Å². The summed E-state index contributed by atoms with van der Waals surface area (Å²) in [5.41, 5.74) is 3.91. The summed E-state index contributed by atoms with van der Waals surface area (Å²) in [6.45, 7) is 8.69. The molecule has 0 radical (unpaired) electrons. The van der Waals surface area contributed by atoms with E-state index in [0.29, 0.717) is 6.04 Å². The Morgan fingerprint density at radius 1 is 0.929 bits per heavy atom. The number of ether oxygens (including phenoxy) is 1. The van der Waals surface area contributed by atoms with E-state index in [1.54, 1.807) is 7.11 Å². The highest BCUT2D eigenvalue weighted by molar-refractivity contribution is 6.30. The Morgan fingerprint density at radius 3 is 2.11 bits per heavy atom. The van der Waals surface area contributed by atoms with Gasteiger partial charge in [0.25, 0.3) is 0 Å². The largest absolute Gasteiger partial charge is 0.383 e. The maximum atomic E-state index is 6.02. The number of piperazine rings is 1. The third kappa shape index (κ3) is 5.81. The smallest absolute Gasteiger partial charge is 0.0589 e. The molecule has 2 aromatic rings. The van der Waals surface area contributed by atoms with Gasteiger partial charge in [-0.3, -0.25) is 9.80 Å². The van der Waals surface area contributed by atoms with Crippen LogP contribution in [0.25, 0.3) is 11.1 Å². The van der Waals surface area contributed by atoms with E-state index in [-0.39, 0.29) is 0 Å². The molecule has 1 atom stereocenters. The molecule has 3 rings (SSSR count). The van der Waals surface area contributed by atoms with Gasteiger partial charge in [0.1, 0.15) is 0 Å². The molecule has 1 saturated heterocycles. The van der Waals surface area contributed by atoms with Crippen LogP contribution in [0.2, 0.25) is 5.02 Å². The first-order chi connectivity index (χ1) is 13.7. The van der Waals surface area contributed by atoms with Crippen molar-refractivity contribution in [2.24, 2.45) is 0 Å². The first-order valence-corrected chi connectivity index (χ1v) is 10.9. The molecule has 28 heavy (non-hydrogen) atoms. The van der Waals surface area contributed by atoms with Crippen molar-refractivity contribution < 1.29 is 4.74 Å². The molecular formula is C24H33ClN2O. The van der Waals surface area contributed by atoms with Gasteiger partial charge in [0.15, 0.2) is 0 Å². The van der Waals surface area contributed by atoms with Crippen molar-refractivity contribution in [1.29, 1.82) is 0 Å². The van der Waals surface area contributed by atoms with Crippen LogP contribution in [0.5, 0.6) is 0 Å². The lowest BCUT2D eigenvalue weighted by Crippen LogP contribution is -2.48. The van der Waals surface area contributed by atoms with E-state index >= 15 is 0 Å². The highest BCUT2D eigenvalue weighted by Gasteiger charge is 2.24. The topological polar surface area (TPSA) is 15.7 Å². The average molecular weight is 401 g/mol. The summed E-state index contributed by atoms with van der Waals surface area (Å²) in [4.78, 5) is 5.19. The summed E-state index contributed by atoms with van der Waals surface area (Å²) in [6, 6.07) is 17.8. The molecule has 2 aromatic carbocycles. The molecule has 0 N–H and O–H groups in total. The number of methoxy groups -OCH3 is 1. The van der Waals surface area contributed by atoms with Gasteiger partial charge in [-0.2, -0.15) is 0 Å². The predicted molar refractivity (Wildman–Crippen MR) is 119 cm³/mol. The van der Waals surface area contributed by atoms with Gasteiger partial charge in [-0.1, -0.05) is 67.8 Å². The summed E-state index contributed by atoms with van der Waals surface area (Å²) < 4.78 is 5.23.